The van der Waals surface area contributed by atoms with Crippen molar-refractivity contribution in [1.29, 1.82) is 0 Å². The van der Waals surface area contributed by atoms with Crippen LogP contribution in [0, 0.1) is 5.82 Å². The molecule has 2 fully saturated rings. The molecule has 2 aromatic carbocycles. The lowest BCUT2D eigenvalue weighted by Gasteiger charge is -2.33. The molecule has 0 bridgehead atoms. The normalized spacial score (nSPS) is 22.2. The first kappa shape index (κ1) is 24.5. The number of fused-ring (bicyclic) bond motifs is 1. The minimum atomic E-state index is -4.71. The Bertz CT molecular complexity index is 1390. The van der Waals surface area contributed by atoms with Crippen molar-refractivity contribution in [2.75, 3.05) is 13.1 Å². The van der Waals surface area contributed by atoms with Gasteiger partial charge in [-0.25, -0.2) is 4.39 Å². The van der Waals surface area contributed by atoms with E-state index in [2.05, 4.69) is 10.4 Å². The van der Waals surface area contributed by atoms with Gasteiger partial charge in [0, 0.05) is 11.9 Å². The van der Waals surface area contributed by atoms with Crippen molar-refractivity contribution in [3.05, 3.63) is 70.0 Å². The molecular weight excluding hydrogens is 500 g/mol. The zero-order chi connectivity index (χ0) is 25.6. The Hall–Kier alpha value is -3.22. The second-order valence-corrected chi connectivity index (χ2v) is 9.59. The second kappa shape index (κ2) is 9.34. The Morgan fingerprint density at radius 2 is 2.00 bits per heavy atom. The van der Waals surface area contributed by atoms with Crippen LogP contribution in [0.3, 0.4) is 0 Å². The van der Waals surface area contributed by atoms with Gasteiger partial charge in [-0.3, -0.25) is 19.2 Å². The number of rotatable bonds is 4. The minimum absolute atomic E-state index is 0.119. The maximum Gasteiger partial charge on any atom is 0.416 e. The SMILES string of the molecule is O=C1SC(=Cc2ccc3c(cnn3Cc3ccc(F)cc3C(F)(F)F)c2)C(=O)N1C1CNCCC1O. The van der Waals surface area contributed by atoms with Gasteiger partial charge in [-0.15, -0.1) is 0 Å². The monoisotopic (exact) mass is 520 g/mol. The summed E-state index contributed by atoms with van der Waals surface area (Å²) in [6, 6.07) is 6.93. The summed E-state index contributed by atoms with van der Waals surface area (Å²) in [6.45, 7) is 0.715. The molecule has 5 rings (SSSR count). The highest BCUT2D eigenvalue weighted by Crippen LogP contribution is 2.36. The summed E-state index contributed by atoms with van der Waals surface area (Å²) in [5.74, 6) is -1.45. The Morgan fingerprint density at radius 1 is 1.19 bits per heavy atom. The highest BCUT2D eigenvalue weighted by molar-refractivity contribution is 8.18. The van der Waals surface area contributed by atoms with Gasteiger partial charge in [0.1, 0.15) is 5.82 Å². The van der Waals surface area contributed by atoms with E-state index < -0.39 is 40.8 Å². The van der Waals surface area contributed by atoms with Crippen LogP contribution in [0.25, 0.3) is 17.0 Å². The van der Waals surface area contributed by atoms with Crippen molar-refractivity contribution in [3.63, 3.8) is 0 Å². The Balaban J connectivity index is 1.40. The first-order valence-corrected chi connectivity index (χ1v) is 11.9. The summed E-state index contributed by atoms with van der Waals surface area (Å²) in [7, 11) is 0. The number of amides is 2. The van der Waals surface area contributed by atoms with Crippen LogP contribution in [-0.4, -0.2) is 56.2 Å². The number of piperidine rings is 1. The summed E-state index contributed by atoms with van der Waals surface area (Å²) in [5, 5.41) is 17.7. The quantitative estimate of drug-likeness (QED) is 0.400. The fourth-order valence-electron chi connectivity index (χ4n) is 4.44. The molecule has 1 aromatic heterocycles. The first-order valence-electron chi connectivity index (χ1n) is 11.1. The van der Waals surface area contributed by atoms with E-state index in [1.54, 1.807) is 24.3 Å². The molecular formula is C24H20F4N4O3S. The second-order valence-electron chi connectivity index (χ2n) is 8.60. The van der Waals surface area contributed by atoms with E-state index >= 15 is 0 Å². The van der Waals surface area contributed by atoms with E-state index in [-0.39, 0.29) is 17.0 Å². The Kier molecular flexibility index (Phi) is 6.35. The van der Waals surface area contributed by atoms with Crippen molar-refractivity contribution in [1.82, 2.24) is 20.0 Å². The number of thioether (sulfide) groups is 1. The molecule has 0 radical (unpaired) electrons. The number of hydrogen-bond acceptors (Lipinski definition) is 6. The number of alkyl halides is 3. The van der Waals surface area contributed by atoms with Gasteiger partial charge >= 0.3 is 6.18 Å². The number of nitrogens with zero attached hydrogens (tertiary/aromatic N) is 3. The molecule has 2 atom stereocenters. The summed E-state index contributed by atoms with van der Waals surface area (Å²) in [4.78, 5) is 26.7. The summed E-state index contributed by atoms with van der Waals surface area (Å²) >= 11 is 0.791. The summed E-state index contributed by atoms with van der Waals surface area (Å²) in [6.07, 6.45) is -2.01. The van der Waals surface area contributed by atoms with Crippen LogP contribution in [-0.2, 0) is 17.5 Å². The van der Waals surface area contributed by atoms with Crippen molar-refractivity contribution in [2.24, 2.45) is 0 Å². The molecule has 2 unspecified atom stereocenters. The predicted octanol–water partition coefficient (Wildman–Crippen LogP) is 4.00. The van der Waals surface area contributed by atoms with E-state index in [1.165, 1.54) is 10.9 Å². The molecule has 188 valence electrons. The van der Waals surface area contributed by atoms with Crippen LogP contribution in [0.4, 0.5) is 22.4 Å². The molecule has 36 heavy (non-hydrogen) atoms. The number of aliphatic hydroxyl groups is 1. The van der Waals surface area contributed by atoms with Crippen LogP contribution in [0.15, 0.2) is 47.5 Å². The lowest BCUT2D eigenvalue weighted by atomic mass is 10.0. The first-order chi connectivity index (χ1) is 17.1. The number of aromatic nitrogens is 2. The number of halogens is 4. The third kappa shape index (κ3) is 4.63. The van der Waals surface area contributed by atoms with Crippen LogP contribution in [0.2, 0.25) is 0 Å². The van der Waals surface area contributed by atoms with Crippen molar-refractivity contribution in [3.8, 4) is 0 Å². The van der Waals surface area contributed by atoms with Gasteiger partial charge < -0.3 is 10.4 Å². The largest absolute Gasteiger partial charge is 0.416 e. The lowest BCUT2D eigenvalue weighted by Crippen LogP contribution is -2.55. The molecule has 3 aromatic rings. The van der Waals surface area contributed by atoms with E-state index in [0.29, 0.717) is 42.0 Å². The average Bonchev–Trinajstić information content (AvgIpc) is 3.34. The highest BCUT2D eigenvalue weighted by atomic mass is 32.2. The molecule has 3 heterocycles. The summed E-state index contributed by atoms with van der Waals surface area (Å²) < 4.78 is 54.9. The van der Waals surface area contributed by atoms with Crippen LogP contribution in [0.1, 0.15) is 23.1 Å². The number of carbonyl (C=O) groups is 2. The molecule has 2 aliphatic rings. The van der Waals surface area contributed by atoms with Crippen molar-refractivity contribution < 1.29 is 32.3 Å². The van der Waals surface area contributed by atoms with Crippen LogP contribution in [0.5, 0.6) is 0 Å². The van der Waals surface area contributed by atoms with Gasteiger partial charge in [0.2, 0.25) is 0 Å². The van der Waals surface area contributed by atoms with E-state index in [1.807, 2.05) is 0 Å². The molecule has 0 saturated carbocycles. The van der Waals surface area contributed by atoms with Gasteiger partial charge in [0.05, 0.1) is 40.9 Å². The van der Waals surface area contributed by atoms with Gasteiger partial charge in [-0.1, -0.05) is 12.1 Å². The van der Waals surface area contributed by atoms with Crippen LogP contribution >= 0.6 is 11.8 Å². The van der Waals surface area contributed by atoms with Crippen molar-refractivity contribution >= 4 is 39.9 Å². The standard InChI is InChI=1S/C24H20F4N4O3S/c25-16-3-2-14(17(9-16)24(26,27)28)12-31-18-4-1-13(7-15(18)10-30-31)8-21-22(34)32(23(35)36-21)19-11-29-6-5-20(19)33/h1-4,7-10,19-20,29,33H,5-6,11-12H2. The molecule has 0 aliphatic carbocycles. The maximum absolute atomic E-state index is 13.4. The van der Waals surface area contributed by atoms with Gasteiger partial charge in [-0.2, -0.15) is 18.3 Å². The van der Waals surface area contributed by atoms with E-state index in [4.69, 9.17) is 0 Å². The topological polar surface area (TPSA) is 87.5 Å². The van der Waals surface area contributed by atoms with E-state index in [9.17, 15) is 32.3 Å². The molecule has 2 N–H and O–H groups in total. The third-order valence-corrected chi connectivity index (χ3v) is 7.11. The lowest BCUT2D eigenvalue weighted by molar-refractivity contribution is -0.138. The molecule has 7 nitrogen and oxygen atoms in total. The zero-order valence-corrected chi connectivity index (χ0v) is 19.4. The Morgan fingerprint density at radius 3 is 2.75 bits per heavy atom. The predicted molar refractivity (Wildman–Crippen MR) is 125 cm³/mol. The smallest absolute Gasteiger partial charge is 0.391 e. The maximum atomic E-state index is 13.4. The Labute approximate surface area is 206 Å². The molecule has 2 amide bonds. The highest BCUT2D eigenvalue weighted by Gasteiger charge is 2.43. The minimum Gasteiger partial charge on any atom is -0.391 e. The van der Waals surface area contributed by atoms with Crippen LogP contribution < -0.4 is 5.32 Å². The number of imide groups is 1. The number of carbonyl (C=O) groups excluding carboxylic acids is 2. The fourth-order valence-corrected chi connectivity index (χ4v) is 5.33. The van der Waals surface area contributed by atoms with Gasteiger partial charge in [-0.05, 0) is 66.2 Å². The van der Waals surface area contributed by atoms with Crippen molar-refractivity contribution in [2.45, 2.75) is 31.3 Å². The summed E-state index contributed by atoms with van der Waals surface area (Å²) in [5.41, 5.74) is -0.0236. The molecule has 0 spiro atoms. The van der Waals surface area contributed by atoms with E-state index in [0.717, 1.165) is 28.8 Å². The van der Waals surface area contributed by atoms with Gasteiger partial charge in [0.25, 0.3) is 11.1 Å². The van der Waals surface area contributed by atoms with Gasteiger partial charge in [0.15, 0.2) is 0 Å². The zero-order valence-electron chi connectivity index (χ0n) is 18.6. The number of benzene rings is 2. The molecule has 12 heteroatoms. The molecule has 2 aliphatic heterocycles. The number of aliphatic hydroxyl groups excluding tert-OH is 1. The number of hydrogen-bond donors (Lipinski definition) is 2. The fraction of sp³-hybridized carbons (Fsp3) is 0.292. The third-order valence-electron chi connectivity index (χ3n) is 6.23. The average molecular weight is 521 g/mol. The number of nitrogens with one attached hydrogen (secondary N) is 1. The molecule has 2 saturated heterocycles.